The van der Waals surface area contributed by atoms with E-state index in [1.807, 2.05) is 27.0 Å². The number of nitrogens with zero attached hydrogens (tertiary/aromatic N) is 3. The molecule has 0 unspecified atom stereocenters. The van der Waals surface area contributed by atoms with Gasteiger partial charge in [-0.1, -0.05) is 18.2 Å². The number of likely N-dealkylation sites (N-methyl/N-ethyl adjacent to an activating group) is 2. The highest BCUT2D eigenvalue weighted by Gasteiger charge is 2.20. The van der Waals surface area contributed by atoms with Gasteiger partial charge in [0.2, 0.25) is 0 Å². The topological polar surface area (TPSA) is 67.2 Å². The maximum Gasteiger partial charge on any atom is 0.274 e. The molecule has 1 aromatic heterocycles. The van der Waals surface area contributed by atoms with E-state index in [1.165, 1.54) is 4.68 Å². The molecule has 0 fully saturated rings. The van der Waals surface area contributed by atoms with Crippen molar-refractivity contribution >= 4 is 16.7 Å². The fourth-order valence-electron chi connectivity index (χ4n) is 2.28. The van der Waals surface area contributed by atoms with Gasteiger partial charge in [-0.05, 0) is 27.0 Å². The van der Waals surface area contributed by atoms with Crippen molar-refractivity contribution in [3.05, 3.63) is 40.3 Å². The van der Waals surface area contributed by atoms with Crippen molar-refractivity contribution in [1.29, 1.82) is 0 Å². The molecule has 1 amide bonds. The Kier molecular flexibility index (Phi) is 4.92. The molecular formula is C16H22N4O2. The largest absolute Gasteiger partial charge is 0.339 e. The van der Waals surface area contributed by atoms with Crippen LogP contribution in [0.1, 0.15) is 30.4 Å². The fraction of sp³-hybridized carbons (Fsp3) is 0.438. The van der Waals surface area contributed by atoms with Crippen LogP contribution in [0, 0.1) is 0 Å². The number of aromatic nitrogens is 2. The zero-order valence-electron chi connectivity index (χ0n) is 13.5. The zero-order chi connectivity index (χ0) is 16.3. The Morgan fingerprint density at radius 1 is 1.32 bits per heavy atom. The first-order valence-corrected chi connectivity index (χ1v) is 7.39. The molecule has 0 bridgehead atoms. The van der Waals surface area contributed by atoms with Crippen molar-refractivity contribution in [2.45, 2.75) is 19.9 Å². The molecule has 0 aliphatic heterocycles. The van der Waals surface area contributed by atoms with E-state index in [9.17, 15) is 9.59 Å². The van der Waals surface area contributed by atoms with E-state index in [-0.39, 0.29) is 17.5 Å². The predicted molar refractivity (Wildman–Crippen MR) is 87.3 cm³/mol. The standard InChI is InChI=1S/C16H22N4O2/c1-11(2)20-15(21)13-8-6-5-7-12(13)14(18-20)16(22)19(4)10-9-17-3/h5-8,11,17H,9-10H2,1-4H3. The molecule has 0 aliphatic carbocycles. The summed E-state index contributed by atoms with van der Waals surface area (Å²) in [5.74, 6) is -0.180. The van der Waals surface area contributed by atoms with E-state index in [1.54, 1.807) is 30.1 Å². The summed E-state index contributed by atoms with van der Waals surface area (Å²) in [6.07, 6.45) is 0. The highest BCUT2D eigenvalue weighted by atomic mass is 16.2. The second kappa shape index (κ2) is 6.70. The Morgan fingerprint density at radius 3 is 2.55 bits per heavy atom. The van der Waals surface area contributed by atoms with Crippen LogP contribution in [0.4, 0.5) is 0 Å². The number of nitrogens with one attached hydrogen (secondary N) is 1. The van der Waals surface area contributed by atoms with Gasteiger partial charge in [0.05, 0.1) is 11.4 Å². The van der Waals surface area contributed by atoms with Gasteiger partial charge in [0.15, 0.2) is 5.69 Å². The number of rotatable bonds is 5. The van der Waals surface area contributed by atoms with E-state index >= 15 is 0 Å². The summed E-state index contributed by atoms with van der Waals surface area (Å²) < 4.78 is 1.38. The van der Waals surface area contributed by atoms with Gasteiger partial charge in [-0.25, -0.2) is 4.68 Å². The minimum atomic E-state index is -0.180. The number of hydrogen-bond acceptors (Lipinski definition) is 4. The molecule has 0 spiro atoms. The fourth-order valence-corrected chi connectivity index (χ4v) is 2.28. The van der Waals surface area contributed by atoms with Crippen molar-refractivity contribution < 1.29 is 4.79 Å². The molecule has 6 nitrogen and oxygen atoms in total. The Balaban J connectivity index is 2.60. The third kappa shape index (κ3) is 3.01. The lowest BCUT2D eigenvalue weighted by atomic mass is 10.1. The minimum Gasteiger partial charge on any atom is -0.339 e. The third-order valence-corrected chi connectivity index (χ3v) is 3.56. The number of benzene rings is 1. The lowest BCUT2D eigenvalue weighted by Crippen LogP contribution is -2.35. The van der Waals surface area contributed by atoms with Crippen LogP contribution in [0.25, 0.3) is 10.8 Å². The molecule has 2 aromatic rings. The van der Waals surface area contributed by atoms with Crippen LogP contribution in [-0.4, -0.2) is 47.8 Å². The van der Waals surface area contributed by atoms with Crippen molar-refractivity contribution in [3.8, 4) is 0 Å². The number of carbonyl (C=O) groups excluding carboxylic acids is 1. The second-order valence-corrected chi connectivity index (χ2v) is 5.57. The number of fused-ring (bicyclic) bond motifs is 1. The normalized spacial score (nSPS) is 11.1. The van der Waals surface area contributed by atoms with E-state index in [0.29, 0.717) is 29.6 Å². The first-order chi connectivity index (χ1) is 10.5. The SMILES string of the molecule is CNCCN(C)C(=O)c1nn(C(C)C)c(=O)c2ccccc12. The zero-order valence-corrected chi connectivity index (χ0v) is 13.5. The van der Waals surface area contributed by atoms with Crippen LogP contribution in [0.5, 0.6) is 0 Å². The van der Waals surface area contributed by atoms with Gasteiger partial charge in [-0.2, -0.15) is 5.10 Å². The monoisotopic (exact) mass is 302 g/mol. The predicted octanol–water partition coefficient (Wildman–Crippen LogP) is 1.27. The Morgan fingerprint density at radius 2 is 1.95 bits per heavy atom. The third-order valence-electron chi connectivity index (χ3n) is 3.56. The minimum absolute atomic E-state index is 0.105. The van der Waals surface area contributed by atoms with Crippen LogP contribution >= 0.6 is 0 Å². The van der Waals surface area contributed by atoms with E-state index in [4.69, 9.17) is 0 Å². The van der Waals surface area contributed by atoms with Gasteiger partial charge in [-0.15, -0.1) is 0 Å². The van der Waals surface area contributed by atoms with Crippen molar-refractivity contribution in [1.82, 2.24) is 20.0 Å². The summed E-state index contributed by atoms with van der Waals surface area (Å²) in [5, 5.41) is 8.46. The maximum absolute atomic E-state index is 12.7. The van der Waals surface area contributed by atoms with Crippen LogP contribution in [-0.2, 0) is 0 Å². The molecule has 0 atom stereocenters. The molecule has 0 aliphatic rings. The Hall–Kier alpha value is -2.21. The average Bonchev–Trinajstić information content (AvgIpc) is 2.52. The van der Waals surface area contributed by atoms with E-state index < -0.39 is 0 Å². The highest BCUT2D eigenvalue weighted by molar-refractivity contribution is 6.04. The van der Waals surface area contributed by atoms with Gasteiger partial charge in [0, 0.05) is 25.5 Å². The molecule has 0 radical (unpaired) electrons. The molecule has 1 N–H and O–H groups in total. The smallest absolute Gasteiger partial charge is 0.274 e. The summed E-state index contributed by atoms with van der Waals surface area (Å²) in [6, 6.07) is 7.02. The summed E-state index contributed by atoms with van der Waals surface area (Å²) >= 11 is 0. The molecule has 22 heavy (non-hydrogen) atoms. The van der Waals surface area contributed by atoms with Crippen molar-refractivity contribution in [2.75, 3.05) is 27.2 Å². The molecule has 1 heterocycles. The quantitative estimate of drug-likeness (QED) is 0.903. The second-order valence-electron chi connectivity index (χ2n) is 5.57. The number of carbonyl (C=O) groups is 1. The average molecular weight is 302 g/mol. The molecule has 6 heteroatoms. The molecule has 1 aromatic carbocycles. The van der Waals surface area contributed by atoms with E-state index in [0.717, 1.165) is 0 Å². The lowest BCUT2D eigenvalue weighted by Gasteiger charge is -2.19. The highest BCUT2D eigenvalue weighted by Crippen LogP contribution is 2.16. The summed E-state index contributed by atoms with van der Waals surface area (Å²) in [6.45, 7) is 5.03. The first kappa shape index (κ1) is 16.2. The Labute approximate surface area is 129 Å². The van der Waals surface area contributed by atoms with Gasteiger partial charge >= 0.3 is 0 Å². The Bertz CT molecular complexity index is 736. The lowest BCUT2D eigenvalue weighted by molar-refractivity contribution is 0.0790. The molecule has 0 saturated carbocycles. The van der Waals surface area contributed by atoms with Crippen LogP contribution in [0.3, 0.4) is 0 Å². The van der Waals surface area contributed by atoms with Gasteiger partial charge in [0.1, 0.15) is 0 Å². The van der Waals surface area contributed by atoms with Crippen molar-refractivity contribution in [3.63, 3.8) is 0 Å². The van der Waals surface area contributed by atoms with Crippen LogP contribution in [0.2, 0.25) is 0 Å². The summed E-state index contributed by atoms with van der Waals surface area (Å²) in [7, 11) is 3.58. The number of amides is 1. The summed E-state index contributed by atoms with van der Waals surface area (Å²) in [4.78, 5) is 26.7. The molecular weight excluding hydrogens is 280 g/mol. The maximum atomic E-state index is 12.7. The van der Waals surface area contributed by atoms with Crippen LogP contribution in [0.15, 0.2) is 29.1 Å². The van der Waals surface area contributed by atoms with E-state index in [2.05, 4.69) is 10.4 Å². The summed E-state index contributed by atoms with van der Waals surface area (Å²) in [5.41, 5.74) is 0.155. The number of hydrogen-bond donors (Lipinski definition) is 1. The molecule has 2 rings (SSSR count). The molecule has 0 saturated heterocycles. The van der Waals surface area contributed by atoms with Gasteiger partial charge < -0.3 is 10.2 Å². The van der Waals surface area contributed by atoms with Crippen molar-refractivity contribution in [2.24, 2.45) is 0 Å². The molecule has 118 valence electrons. The van der Waals surface area contributed by atoms with Crippen LogP contribution < -0.4 is 10.9 Å². The van der Waals surface area contributed by atoms with Gasteiger partial charge in [-0.3, -0.25) is 9.59 Å². The first-order valence-electron chi connectivity index (χ1n) is 7.39. The van der Waals surface area contributed by atoms with Gasteiger partial charge in [0.25, 0.3) is 11.5 Å².